The number of thiazole rings is 1. The van der Waals surface area contributed by atoms with Crippen LogP contribution in [0.4, 0.5) is 5.13 Å². The molecule has 3 aromatic rings. The quantitative estimate of drug-likeness (QED) is 0.566. The predicted molar refractivity (Wildman–Crippen MR) is 115 cm³/mol. The van der Waals surface area contributed by atoms with Crippen LogP contribution in [0.2, 0.25) is 0 Å². The van der Waals surface area contributed by atoms with E-state index in [-0.39, 0.29) is 5.91 Å². The minimum atomic E-state index is -0.181. The number of nitrogens with zero attached hydrogens (tertiary/aromatic N) is 5. The Balaban J connectivity index is 1.66. The molecule has 4 rings (SSSR count). The Hall–Kier alpha value is -2.69. The Morgan fingerprint density at radius 1 is 1.27 bits per heavy atom. The number of amides is 1. The van der Waals surface area contributed by atoms with E-state index in [1.807, 2.05) is 18.2 Å². The number of anilines is 1. The SMILES string of the molecule is COc1ccc2nc(N(CCN3CCOCC3)C(=O)c3cn(C)nc3OC)sc2c1. The maximum atomic E-state index is 13.5. The van der Waals surface area contributed by atoms with E-state index >= 15 is 0 Å². The molecule has 2 aromatic heterocycles. The molecule has 0 atom stereocenters. The van der Waals surface area contributed by atoms with Crippen molar-refractivity contribution in [3.05, 3.63) is 30.0 Å². The van der Waals surface area contributed by atoms with Crippen molar-refractivity contribution in [1.82, 2.24) is 19.7 Å². The van der Waals surface area contributed by atoms with Gasteiger partial charge in [-0.15, -0.1) is 5.10 Å². The highest BCUT2D eigenvalue weighted by Gasteiger charge is 2.27. The summed E-state index contributed by atoms with van der Waals surface area (Å²) in [4.78, 5) is 22.2. The topological polar surface area (TPSA) is 82.0 Å². The lowest BCUT2D eigenvalue weighted by molar-refractivity contribution is 0.0391. The van der Waals surface area contributed by atoms with E-state index in [1.165, 1.54) is 18.4 Å². The molecule has 0 N–H and O–H groups in total. The number of aromatic nitrogens is 3. The van der Waals surface area contributed by atoms with Gasteiger partial charge in [-0.05, 0) is 18.2 Å². The molecule has 1 amide bonds. The summed E-state index contributed by atoms with van der Waals surface area (Å²) in [5, 5.41) is 4.87. The average Bonchev–Trinajstić information content (AvgIpc) is 3.36. The summed E-state index contributed by atoms with van der Waals surface area (Å²) in [6.07, 6.45) is 1.68. The van der Waals surface area contributed by atoms with Crippen LogP contribution in [0.3, 0.4) is 0 Å². The Morgan fingerprint density at radius 2 is 2.07 bits per heavy atom. The molecule has 1 aromatic carbocycles. The zero-order valence-electron chi connectivity index (χ0n) is 17.3. The number of morpholine rings is 1. The lowest BCUT2D eigenvalue weighted by atomic mass is 10.3. The zero-order chi connectivity index (χ0) is 21.1. The molecule has 0 bridgehead atoms. The second-order valence-corrected chi connectivity index (χ2v) is 7.98. The van der Waals surface area contributed by atoms with Gasteiger partial charge in [-0.1, -0.05) is 11.3 Å². The van der Waals surface area contributed by atoms with E-state index in [0.717, 1.165) is 35.6 Å². The molecule has 30 heavy (non-hydrogen) atoms. The van der Waals surface area contributed by atoms with Gasteiger partial charge in [0.1, 0.15) is 11.3 Å². The van der Waals surface area contributed by atoms with E-state index < -0.39 is 0 Å². The van der Waals surface area contributed by atoms with Crippen LogP contribution in [0, 0.1) is 0 Å². The summed E-state index contributed by atoms with van der Waals surface area (Å²) in [5.74, 6) is 0.888. The molecule has 0 unspecified atom stereocenters. The second-order valence-electron chi connectivity index (χ2n) is 6.97. The number of hydrogen-bond acceptors (Lipinski definition) is 8. The maximum absolute atomic E-state index is 13.5. The number of methoxy groups -OCH3 is 2. The summed E-state index contributed by atoms with van der Waals surface area (Å²) in [6.45, 7) is 4.38. The van der Waals surface area contributed by atoms with E-state index in [0.29, 0.717) is 36.3 Å². The van der Waals surface area contributed by atoms with Gasteiger partial charge in [0.05, 0.1) is 37.6 Å². The molecule has 160 valence electrons. The van der Waals surface area contributed by atoms with Crippen LogP contribution < -0.4 is 14.4 Å². The summed E-state index contributed by atoms with van der Waals surface area (Å²) < 4.78 is 18.6. The fourth-order valence-electron chi connectivity index (χ4n) is 3.40. The Labute approximate surface area is 178 Å². The molecular weight excluding hydrogens is 406 g/mol. The molecule has 0 saturated carbocycles. The van der Waals surface area contributed by atoms with Crippen molar-refractivity contribution in [3.8, 4) is 11.6 Å². The number of ether oxygens (including phenoxy) is 3. The first kappa shape index (κ1) is 20.6. The van der Waals surface area contributed by atoms with Crippen LogP contribution in [-0.4, -0.2) is 79.2 Å². The predicted octanol–water partition coefficient (Wildman–Crippen LogP) is 2.03. The maximum Gasteiger partial charge on any atom is 0.267 e. The van der Waals surface area contributed by atoms with Crippen LogP contribution in [0.15, 0.2) is 24.4 Å². The zero-order valence-corrected chi connectivity index (χ0v) is 18.1. The minimum Gasteiger partial charge on any atom is -0.497 e. The first-order valence-electron chi connectivity index (χ1n) is 9.73. The smallest absolute Gasteiger partial charge is 0.267 e. The Morgan fingerprint density at radius 3 is 2.80 bits per heavy atom. The summed E-state index contributed by atoms with van der Waals surface area (Å²) >= 11 is 1.47. The summed E-state index contributed by atoms with van der Waals surface area (Å²) in [7, 11) is 4.92. The van der Waals surface area contributed by atoms with Crippen LogP contribution in [0.1, 0.15) is 10.4 Å². The van der Waals surface area contributed by atoms with Crippen molar-refractivity contribution < 1.29 is 19.0 Å². The molecule has 0 aliphatic carbocycles. The second kappa shape index (κ2) is 8.99. The van der Waals surface area contributed by atoms with Crippen molar-refractivity contribution in [2.75, 3.05) is 58.5 Å². The van der Waals surface area contributed by atoms with Crippen molar-refractivity contribution in [1.29, 1.82) is 0 Å². The first-order chi connectivity index (χ1) is 14.6. The first-order valence-corrected chi connectivity index (χ1v) is 10.5. The Kier molecular flexibility index (Phi) is 6.16. The largest absolute Gasteiger partial charge is 0.497 e. The molecule has 1 aliphatic rings. The van der Waals surface area contributed by atoms with Crippen molar-refractivity contribution in [3.63, 3.8) is 0 Å². The summed E-state index contributed by atoms with van der Waals surface area (Å²) in [5.41, 5.74) is 1.25. The van der Waals surface area contributed by atoms with E-state index in [2.05, 4.69) is 10.00 Å². The third kappa shape index (κ3) is 4.25. The molecule has 0 radical (unpaired) electrons. The molecule has 10 heteroatoms. The normalized spacial score (nSPS) is 14.8. The van der Waals surface area contributed by atoms with E-state index in [9.17, 15) is 4.79 Å². The lowest BCUT2D eigenvalue weighted by Crippen LogP contribution is -2.43. The highest BCUT2D eigenvalue weighted by atomic mass is 32.1. The van der Waals surface area contributed by atoms with Gasteiger partial charge in [0.15, 0.2) is 5.13 Å². The summed E-state index contributed by atoms with van der Waals surface area (Å²) in [6, 6.07) is 5.71. The molecule has 0 spiro atoms. The molecule has 9 nitrogen and oxygen atoms in total. The van der Waals surface area contributed by atoms with Gasteiger partial charge in [-0.2, -0.15) is 0 Å². The number of rotatable bonds is 7. The number of carbonyl (C=O) groups excluding carboxylic acids is 1. The van der Waals surface area contributed by atoms with Gasteiger partial charge in [0.2, 0.25) is 5.88 Å². The fourth-order valence-corrected chi connectivity index (χ4v) is 4.41. The molecule has 1 fully saturated rings. The number of carbonyl (C=O) groups is 1. The molecular formula is C20H25N5O4S. The standard InChI is InChI=1S/C20H25N5O4S/c1-23-13-15(18(22-23)28-3)19(26)25(7-6-24-8-10-29-11-9-24)20-21-16-5-4-14(27-2)12-17(16)30-20/h4-5,12-13H,6-11H2,1-3H3. The number of benzene rings is 1. The molecule has 1 saturated heterocycles. The van der Waals surface area contributed by atoms with Gasteiger partial charge in [-0.25, -0.2) is 4.98 Å². The van der Waals surface area contributed by atoms with Gasteiger partial charge in [0.25, 0.3) is 5.91 Å². The van der Waals surface area contributed by atoms with Crippen molar-refractivity contribution in [2.24, 2.45) is 7.05 Å². The van der Waals surface area contributed by atoms with Crippen molar-refractivity contribution in [2.45, 2.75) is 0 Å². The monoisotopic (exact) mass is 431 g/mol. The highest BCUT2D eigenvalue weighted by molar-refractivity contribution is 7.22. The van der Waals surface area contributed by atoms with Crippen LogP contribution in [0.5, 0.6) is 11.6 Å². The fraction of sp³-hybridized carbons (Fsp3) is 0.450. The van der Waals surface area contributed by atoms with Crippen molar-refractivity contribution >= 4 is 32.6 Å². The van der Waals surface area contributed by atoms with Crippen LogP contribution in [-0.2, 0) is 11.8 Å². The van der Waals surface area contributed by atoms with Gasteiger partial charge >= 0.3 is 0 Å². The van der Waals surface area contributed by atoms with Gasteiger partial charge in [-0.3, -0.25) is 19.3 Å². The van der Waals surface area contributed by atoms with Crippen LogP contribution in [0.25, 0.3) is 10.2 Å². The number of aryl methyl sites for hydroxylation is 1. The molecule has 1 aliphatic heterocycles. The van der Waals surface area contributed by atoms with Crippen LogP contribution >= 0.6 is 11.3 Å². The highest BCUT2D eigenvalue weighted by Crippen LogP contribution is 2.33. The van der Waals surface area contributed by atoms with E-state index in [4.69, 9.17) is 19.2 Å². The average molecular weight is 432 g/mol. The van der Waals surface area contributed by atoms with Gasteiger partial charge in [0, 0.05) is 39.4 Å². The van der Waals surface area contributed by atoms with E-state index in [1.54, 1.807) is 29.9 Å². The minimum absolute atomic E-state index is 0.181. The number of hydrogen-bond donors (Lipinski definition) is 0. The lowest BCUT2D eigenvalue weighted by Gasteiger charge is -2.29. The molecule has 3 heterocycles. The third-order valence-electron chi connectivity index (χ3n) is 5.02. The number of fused-ring (bicyclic) bond motifs is 1. The third-order valence-corrected chi connectivity index (χ3v) is 6.06. The van der Waals surface area contributed by atoms with Gasteiger partial charge < -0.3 is 14.2 Å². The Bertz CT molecular complexity index is 1030.